The number of aromatic nitrogens is 2. The highest BCUT2D eigenvalue weighted by Crippen LogP contribution is 2.27. The van der Waals surface area contributed by atoms with Gasteiger partial charge in [0, 0.05) is 11.4 Å². The molecule has 1 unspecified atom stereocenters. The molecule has 1 heterocycles. The van der Waals surface area contributed by atoms with Crippen LogP contribution >= 0.6 is 11.6 Å². The number of amides is 2. The van der Waals surface area contributed by atoms with Crippen molar-refractivity contribution >= 4 is 34.8 Å². The van der Waals surface area contributed by atoms with Gasteiger partial charge in [0.15, 0.2) is 0 Å². The first-order valence-corrected chi connectivity index (χ1v) is 10.5. The summed E-state index contributed by atoms with van der Waals surface area (Å²) in [5.41, 5.74) is 3.18. The molecule has 3 rings (SSSR count). The second kappa shape index (κ2) is 10.4. The Hall–Kier alpha value is -3.46. The van der Waals surface area contributed by atoms with Crippen molar-refractivity contribution in [1.82, 2.24) is 9.78 Å². The van der Waals surface area contributed by atoms with Gasteiger partial charge in [0.25, 0.3) is 0 Å². The van der Waals surface area contributed by atoms with Crippen LogP contribution in [0.25, 0.3) is 0 Å². The van der Waals surface area contributed by atoms with Crippen molar-refractivity contribution in [2.75, 3.05) is 10.6 Å². The van der Waals surface area contributed by atoms with E-state index in [1.807, 2.05) is 19.9 Å². The summed E-state index contributed by atoms with van der Waals surface area (Å²) >= 11 is 6.30. The molecule has 2 amide bonds. The van der Waals surface area contributed by atoms with E-state index >= 15 is 0 Å². The molecule has 2 N–H and O–H groups in total. The molecular formula is C23H23ClF2N4O3. The van der Waals surface area contributed by atoms with Crippen LogP contribution in [-0.2, 0) is 16.0 Å². The van der Waals surface area contributed by atoms with Crippen LogP contribution in [0, 0.1) is 13.8 Å². The van der Waals surface area contributed by atoms with Gasteiger partial charge >= 0.3 is 6.61 Å². The third-order valence-electron chi connectivity index (χ3n) is 4.81. The van der Waals surface area contributed by atoms with E-state index in [9.17, 15) is 18.4 Å². The smallest absolute Gasteiger partial charge is 0.387 e. The van der Waals surface area contributed by atoms with Crippen LogP contribution < -0.4 is 15.4 Å². The number of halogens is 3. The molecule has 0 radical (unpaired) electrons. The molecule has 10 heteroatoms. The van der Waals surface area contributed by atoms with E-state index < -0.39 is 12.7 Å². The molecule has 0 aliphatic rings. The van der Waals surface area contributed by atoms with E-state index in [4.69, 9.17) is 11.6 Å². The number of anilines is 2. The average Bonchev–Trinajstić information content (AvgIpc) is 3.08. The SMILES string of the molecule is Cc1cc(C)n(C(C)C(=O)Nc2ccc(NC(=O)Cc3ccc(OC(F)F)cc3)cc2Cl)n1. The minimum Gasteiger partial charge on any atom is -0.435 e. The van der Waals surface area contributed by atoms with Gasteiger partial charge in [-0.3, -0.25) is 14.3 Å². The van der Waals surface area contributed by atoms with Crippen molar-refractivity contribution in [2.24, 2.45) is 0 Å². The van der Waals surface area contributed by atoms with E-state index in [0.717, 1.165) is 11.4 Å². The fourth-order valence-corrected chi connectivity index (χ4v) is 3.49. The lowest BCUT2D eigenvalue weighted by atomic mass is 10.1. The summed E-state index contributed by atoms with van der Waals surface area (Å²) in [5.74, 6) is -0.576. The molecule has 0 saturated heterocycles. The Labute approximate surface area is 194 Å². The Morgan fingerprint density at radius 2 is 1.79 bits per heavy atom. The zero-order valence-corrected chi connectivity index (χ0v) is 19.0. The van der Waals surface area contributed by atoms with Crippen molar-refractivity contribution in [3.05, 3.63) is 70.5 Å². The van der Waals surface area contributed by atoms with Crippen LogP contribution in [0.3, 0.4) is 0 Å². The maximum Gasteiger partial charge on any atom is 0.387 e. The van der Waals surface area contributed by atoms with Crippen LogP contribution in [0.15, 0.2) is 48.5 Å². The fourth-order valence-electron chi connectivity index (χ4n) is 3.26. The predicted molar refractivity (Wildman–Crippen MR) is 122 cm³/mol. The van der Waals surface area contributed by atoms with Crippen molar-refractivity contribution in [2.45, 2.75) is 39.8 Å². The minimum atomic E-state index is -2.90. The van der Waals surface area contributed by atoms with Crippen molar-refractivity contribution in [3.8, 4) is 5.75 Å². The van der Waals surface area contributed by atoms with E-state index in [2.05, 4.69) is 20.5 Å². The lowest BCUT2D eigenvalue weighted by molar-refractivity contribution is -0.119. The van der Waals surface area contributed by atoms with Crippen molar-refractivity contribution in [3.63, 3.8) is 0 Å². The molecule has 1 atom stereocenters. The summed E-state index contributed by atoms with van der Waals surface area (Å²) in [6.45, 7) is 2.57. The van der Waals surface area contributed by atoms with Crippen LogP contribution in [0.4, 0.5) is 20.2 Å². The average molecular weight is 477 g/mol. The number of benzene rings is 2. The second-order valence-corrected chi connectivity index (χ2v) is 7.89. The zero-order chi connectivity index (χ0) is 24.1. The molecule has 33 heavy (non-hydrogen) atoms. The van der Waals surface area contributed by atoms with Gasteiger partial charge in [-0.1, -0.05) is 23.7 Å². The number of carbonyl (C=O) groups excluding carboxylic acids is 2. The third-order valence-corrected chi connectivity index (χ3v) is 5.13. The quantitative estimate of drug-likeness (QED) is 0.471. The number of rotatable bonds is 8. The Balaban J connectivity index is 1.59. The number of ether oxygens (including phenoxy) is 1. The number of hydrogen-bond donors (Lipinski definition) is 2. The first-order valence-electron chi connectivity index (χ1n) is 10.1. The normalized spacial score (nSPS) is 11.8. The molecular weight excluding hydrogens is 454 g/mol. The van der Waals surface area contributed by atoms with Crippen LogP contribution in [0.1, 0.15) is 29.9 Å². The number of hydrogen-bond acceptors (Lipinski definition) is 4. The van der Waals surface area contributed by atoms with Crippen LogP contribution in [-0.4, -0.2) is 28.2 Å². The highest BCUT2D eigenvalue weighted by atomic mass is 35.5. The standard InChI is InChI=1S/C23H23ClF2N4O3/c1-13-10-14(2)30(29-13)15(3)22(32)28-20-9-6-17(12-19(20)24)27-21(31)11-16-4-7-18(8-5-16)33-23(25)26/h4-10,12,15,23H,11H2,1-3H3,(H,27,31)(H,28,32). The molecule has 7 nitrogen and oxygen atoms in total. The molecule has 3 aromatic rings. The van der Waals surface area contributed by atoms with E-state index in [1.54, 1.807) is 23.7 Å². The zero-order valence-electron chi connectivity index (χ0n) is 18.2. The summed E-state index contributed by atoms with van der Waals surface area (Å²) in [6.07, 6.45) is 0.0330. The molecule has 0 saturated carbocycles. The second-order valence-electron chi connectivity index (χ2n) is 7.48. The molecule has 0 aliphatic carbocycles. The summed E-state index contributed by atoms with van der Waals surface area (Å²) in [4.78, 5) is 24.9. The first-order chi connectivity index (χ1) is 15.6. The molecule has 0 fully saturated rings. The van der Waals surface area contributed by atoms with Gasteiger partial charge in [-0.05, 0) is 62.7 Å². The Kier molecular flexibility index (Phi) is 7.65. The number of aryl methyl sites for hydroxylation is 2. The fraction of sp³-hybridized carbons (Fsp3) is 0.261. The summed E-state index contributed by atoms with van der Waals surface area (Å²) in [7, 11) is 0. The van der Waals surface area contributed by atoms with Crippen LogP contribution in [0.5, 0.6) is 5.75 Å². The van der Waals surface area contributed by atoms with E-state index in [1.165, 1.54) is 30.3 Å². The number of nitrogens with one attached hydrogen (secondary N) is 2. The van der Waals surface area contributed by atoms with E-state index in [0.29, 0.717) is 16.9 Å². The summed E-state index contributed by atoms with van der Waals surface area (Å²) in [5, 5.41) is 10.1. The largest absolute Gasteiger partial charge is 0.435 e. The van der Waals surface area contributed by atoms with Gasteiger partial charge in [-0.15, -0.1) is 0 Å². The first kappa shape index (κ1) is 24.2. The third kappa shape index (κ3) is 6.52. The van der Waals surface area contributed by atoms with Crippen LogP contribution in [0.2, 0.25) is 5.02 Å². The van der Waals surface area contributed by atoms with Gasteiger partial charge in [0.2, 0.25) is 11.8 Å². The van der Waals surface area contributed by atoms with E-state index in [-0.39, 0.29) is 29.0 Å². The molecule has 174 valence electrons. The number of alkyl halides is 2. The lowest BCUT2D eigenvalue weighted by Crippen LogP contribution is -2.25. The Bertz CT molecular complexity index is 1150. The highest BCUT2D eigenvalue weighted by molar-refractivity contribution is 6.34. The molecule has 0 bridgehead atoms. The van der Waals surface area contributed by atoms with Gasteiger partial charge in [0.1, 0.15) is 11.8 Å². The summed E-state index contributed by atoms with van der Waals surface area (Å²) in [6, 6.07) is 11.9. The molecule has 1 aromatic heterocycles. The molecule has 0 aliphatic heterocycles. The Morgan fingerprint density at radius 3 is 2.36 bits per heavy atom. The van der Waals surface area contributed by atoms with Crippen molar-refractivity contribution < 1.29 is 23.1 Å². The number of nitrogens with zero attached hydrogens (tertiary/aromatic N) is 2. The van der Waals surface area contributed by atoms with Gasteiger partial charge in [-0.25, -0.2) is 0 Å². The van der Waals surface area contributed by atoms with Gasteiger partial charge in [0.05, 0.1) is 22.8 Å². The maximum absolute atomic E-state index is 12.6. The molecule has 0 spiro atoms. The molecule has 2 aromatic carbocycles. The van der Waals surface area contributed by atoms with Gasteiger partial charge in [-0.2, -0.15) is 13.9 Å². The lowest BCUT2D eigenvalue weighted by Gasteiger charge is -2.16. The highest BCUT2D eigenvalue weighted by Gasteiger charge is 2.19. The number of carbonyl (C=O) groups is 2. The predicted octanol–water partition coefficient (Wildman–Crippen LogP) is 5.14. The Morgan fingerprint density at radius 1 is 1.09 bits per heavy atom. The maximum atomic E-state index is 12.6. The minimum absolute atomic E-state index is 0.0192. The van der Waals surface area contributed by atoms with Gasteiger partial charge < -0.3 is 15.4 Å². The van der Waals surface area contributed by atoms with Crippen molar-refractivity contribution in [1.29, 1.82) is 0 Å². The monoisotopic (exact) mass is 476 g/mol. The summed E-state index contributed by atoms with van der Waals surface area (Å²) < 4.78 is 30.4. The topological polar surface area (TPSA) is 85.2 Å².